The molecule has 1 rings (SSSR count). The summed E-state index contributed by atoms with van der Waals surface area (Å²) in [5, 5.41) is 3.49. The van der Waals surface area contributed by atoms with E-state index >= 15 is 0 Å². The van der Waals surface area contributed by atoms with E-state index in [1.807, 2.05) is 19.1 Å². The van der Waals surface area contributed by atoms with Gasteiger partial charge in [-0.15, -0.1) is 0 Å². The molecule has 0 radical (unpaired) electrons. The molecule has 0 saturated heterocycles. The van der Waals surface area contributed by atoms with Gasteiger partial charge >= 0.3 is 0 Å². The first kappa shape index (κ1) is 14.0. The number of nitrogens with two attached hydrogens (primary N) is 1. The van der Waals surface area contributed by atoms with Gasteiger partial charge in [-0.05, 0) is 37.1 Å². The van der Waals surface area contributed by atoms with Crippen LogP contribution >= 0.6 is 11.6 Å². The van der Waals surface area contributed by atoms with Gasteiger partial charge in [-0.2, -0.15) is 0 Å². The Morgan fingerprint density at radius 2 is 2.18 bits per heavy atom. The fraction of sp³-hybridized carbons (Fsp3) is 0.462. The van der Waals surface area contributed by atoms with Gasteiger partial charge in [0, 0.05) is 23.2 Å². The van der Waals surface area contributed by atoms with Gasteiger partial charge in [-0.3, -0.25) is 4.79 Å². The monoisotopic (exact) mass is 254 g/mol. The van der Waals surface area contributed by atoms with Crippen molar-refractivity contribution in [1.29, 1.82) is 0 Å². The average molecular weight is 255 g/mol. The maximum atomic E-state index is 12.0. The SMILES string of the molecule is CCCC(CN)NC(=O)c1cc(C)cc(Cl)c1. The summed E-state index contributed by atoms with van der Waals surface area (Å²) in [5.74, 6) is -0.112. The molecule has 0 aromatic heterocycles. The molecule has 94 valence electrons. The second-order valence-corrected chi connectivity index (χ2v) is 4.65. The molecule has 17 heavy (non-hydrogen) atoms. The van der Waals surface area contributed by atoms with Crippen LogP contribution in [0.15, 0.2) is 18.2 Å². The van der Waals surface area contributed by atoms with Gasteiger partial charge in [0.25, 0.3) is 5.91 Å². The maximum absolute atomic E-state index is 12.0. The van der Waals surface area contributed by atoms with Gasteiger partial charge in [0.15, 0.2) is 0 Å². The Hall–Kier alpha value is -1.06. The zero-order valence-electron chi connectivity index (χ0n) is 10.3. The highest BCUT2D eigenvalue weighted by atomic mass is 35.5. The Kier molecular flexibility index (Phi) is 5.45. The molecule has 0 spiro atoms. The van der Waals surface area contributed by atoms with Crippen molar-refractivity contribution >= 4 is 17.5 Å². The number of hydrogen-bond donors (Lipinski definition) is 2. The summed E-state index contributed by atoms with van der Waals surface area (Å²) in [6.07, 6.45) is 1.89. The highest BCUT2D eigenvalue weighted by Crippen LogP contribution is 2.14. The van der Waals surface area contributed by atoms with Crippen LogP contribution in [-0.4, -0.2) is 18.5 Å². The Bertz CT molecular complexity index is 373. The minimum Gasteiger partial charge on any atom is -0.348 e. The van der Waals surface area contributed by atoms with Crippen LogP contribution in [0.3, 0.4) is 0 Å². The minimum absolute atomic E-state index is 0.0341. The lowest BCUT2D eigenvalue weighted by Crippen LogP contribution is -2.40. The third-order valence-corrected chi connectivity index (χ3v) is 2.78. The Balaban J connectivity index is 2.75. The molecule has 1 aromatic carbocycles. The molecule has 1 aromatic rings. The molecule has 1 amide bonds. The summed E-state index contributed by atoms with van der Waals surface area (Å²) < 4.78 is 0. The zero-order chi connectivity index (χ0) is 12.8. The largest absolute Gasteiger partial charge is 0.348 e. The number of carbonyl (C=O) groups is 1. The van der Waals surface area contributed by atoms with Crippen LogP contribution in [0.4, 0.5) is 0 Å². The van der Waals surface area contributed by atoms with Gasteiger partial charge in [-0.1, -0.05) is 24.9 Å². The molecule has 0 aliphatic rings. The number of nitrogens with one attached hydrogen (secondary N) is 1. The molecule has 0 aliphatic carbocycles. The quantitative estimate of drug-likeness (QED) is 0.848. The van der Waals surface area contributed by atoms with E-state index in [-0.39, 0.29) is 11.9 Å². The van der Waals surface area contributed by atoms with Crippen LogP contribution in [0.2, 0.25) is 5.02 Å². The molecular weight excluding hydrogens is 236 g/mol. The van der Waals surface area contributed by atoms with Gasteiger partial charge in [0.1, 0.15) is 0 Å². The van der Waals surface area contributed by atoms with Crippen molar-refractivity contribution in [2.24, 2.45) is 5.73 Å². The first-order valence-electron chi connectivity index (χ1n) is 5.85. The predicted octanol–water partition coefficient (Wildman–Crippen LogP) is 2.51. The Morgan fingerprint density at radius 3 is 2.71 bits per heavy atom. The van der Waals surface area contributed by atoms with Crippen LogP contribution < -0.4 is 11.1 Å². The van der Waals surface area contributed by atoms with Crippen LogP contribution in [0.5, 0.6) is 0 Å². The van der Waals surface area contributed by atoms with E-state index in [0.717, 1.165) is 18.4 Å². The molecule has 0 fully saturated rings. The fourth-order valence-electron chi connectivity index (χ4n) is 1.73. The summed E-state index contributed by atoms with van der Waals surface area (Å²) >= 11 is 5.92. The number of rotatable bonds is 5. The molecule has 3 nitrogen and oxygen atoms in total. The topological polar surface area (TPSA) is 55.1 Å². The Labute approximate surface area is 107 Å². The van der Waals surface area contributed by atoms with Crippen LogP contribution in [0, 0.1) is 6.92 Å². The average Bonchev–Trinajstić information content (AvgIpc) is 2.27. The molecule has 4 heteroatoms. The molecule has 0 saturated carbocycles. The number of hydrogen-bond acceptors (Lipinski definition) is 2. The Morgan fingerprint density at radius 1 is 1.47 bits per heavy atom. The first-order valence-corrected chi connectivity index (χ1v) is 6.22. The van der Waals surface area contributed by atoms with Crippen LogP contribution in [0.1, 0.15) is 35.7 Å². The van der Waals surface area contributed by atoms with Crippen molar-refractivity contribution in [2.45, 2.75) is 32.7 Å². The van der Waals surface area contributed by atoms with E-state index < -0.39 is 0 Å². The number of halogens is 1. The molecule has 1 atom stereocenters. The highest BCUT2D eigenvalue weighted by Gasteiger charge is 2.12. The molecule has 3 N–H and O–H groups in total. The summed E-state index contributed by atoms with van der Waals surface area (Å²) in [4.78, 5) is 12.0. The summed E-state index contributed by atoms with van der Waals surface area (Å²) in [6, 6.07) is 5.35. The molecular formula is C13H19ClN2O. The number of aryl methyl sites for hydroxylation is 1. The van der Waals surface area contributed by atoms with E-state index in [2.05, 4.69) is 12.2 Å². The van der Waals surface area contributed by atoms with E-state index in [1.165, 1.54) is 0 Å². The summed E-state index contributed by atoms with van der Waals surface area (Å²) in [5.41, 5.74) is 7.17. The van der Waals surface area contributed by atoms with E-state index in [4.69, 9.17) is 17.3 Å². The predicted molar refractivity (Wildman–Crippen MR) is 71.4 cm³/mol. The molecule has 0 bridgehead atoms. The number of carbonyl (C=O) groups excluding carboxylic acids is 1. The number of benzene rings is 1. The van der Waals surface area contributed by atoms with Gasteiger partial charge < -0.3 is 11.1 Å². The van der Waals surface area contributed by atoms with Crippen molar-refractivity contribution in [3.8, 4) is 0 Å². The third kappa shape index (κ3) is 4.36. The smallest absolute Gasteiger partial charge is 0.251 e. The van der Waals surface area contributed by atoms with Gasteiger partial charge in [0.05, 0.1) is 0 Å². The van der Waals surface area contributed by atoms with Crippen LogP contribution in [0.25, 0.3) is 0 Å². The van der Waals surface area contributed by atoms with Crippen LogP contribution in [-0.2, 0) is 0 Å². The van der Waals surface area contributed by atoms with Gasteiger partial charge in [-0.25, -0.2) is 0 Å². The lowest BCUT2D eigenvalue weighted by Gasteiger charge is -2.16. The zero-order valence-corrected chi connectivity index (χ0v) is 11.1. The fourth-order valence-corrected chi connectivity index (χ4v) is 2.02. The van der Waals surface area contributed by atoms with Crippen molar-refractivity contribution in [3.63, 3.8) is 0 Å². The first-order chi connectivity index (χ1) is 8.06. The minimum atomic E-state index is -0.112. The van der Waals surface area contributed by atoms with Gasteiger partial charge in [0.2, 0.25) is 0 Å². The van der Waals surface area contributed by atoms with Crippen molar-refractivity contribution in [3.05, 3.63) is 34.3 Å². The molecule has 0 heterocycles. The van der Waals surface area contributed by atoms with Crippen molar-refractivity contribution in [1.82, 2.24) is 5.32 Å². The summed E-state index contributed by atoms with van der Waals surface area (Å²) in [7, 11) is 0. The lowest BCUT2D eigenvalue weighted by atomic mass is 10.1. The molecule has 1 unspecified atom stereocenters. The normalized spacial score (nSPS) is 12.2. The van der Waals surface area contributed by atoms with E-state index in [0.29, 0.717) is 17.1 Å². The standard InChI is InChI=1S/C13H19ClN2O/c1-3-4-12(8-15)16-13(17)10-5-9(2)6-11(14)7-10/h5-7,12H,3-4,8,15H2,1-2H3,(H,16,17). The van der Waals surface area contributed by atoms with E-state index in [1.54, 1.807) is 6.07 Å². The highest BCUT2D eigenvalue weighted by molar-refractivity contribution is 6.31. The number of amides is 1. The lowest BCUT2D eigenvalue weighted by molar-refractivity contribution is 0.0936. The van der Waals surface area contributed by atoms with Crippen molar-refractivity contribution < 1.29 is 4.79 Å². The molecule has 0 aliphatic heterocycles. The second kappa shape index (κ2) is 6.62. The summed E-state index contributed by atoms with van der Waals surface area (Å²) in [6.45, 7) is 4.44. The van der Waals surface area contributed by atoms with Crippen molar-refractivity contribution in [2.75, 3.05) is 6.54 Å². The maximum Gasteiger partial charge on any atom is 0.251 e. The third-order valence-electron chi connectivity index (χ3n) is 2.56. The second-order valence-electron chi connectivity index (χ2n) is 4.21. The van der Waals surface area contributed by atoms with E-state index in [9.17, 15) is 4.79 Å².